The molecular formula is C20H16ClFO5. The first-order chi connectivity index (χ1) is 12.7. The molecule has 140 valence electrons. The van der Waals surface area contributed by atoms with Gasteiger partial charge in [0, 0.05) is 17.2 Å². The summed E-state index contributed by atoms with van der Waals surface area (Å²) < 4.78 is 19.5. The molecule has 0 fully saturated rings. The fraction of sp³-hybridized carbons (Fsp3) is 0.150. The maximum absolute atomic E-state index is 13.8. The Morgan fingerprint density at radius 1 is 1.19 bits per heavy atom. The van der Waals surface area contributed by atoms with Crippen molar-refractivity contribution in [1.82, 2.24) is 0 Å². The third-order valence-corrected chi connectivity index (χ3v) is 4.40. The van der Waals surface area contributed by atoms with Gasteiger partial charge in [0.25, 0.3) is 0 Å². The number of phenolic OH excluding ortho intramolecular Hbond substituents is 2. The highest BCUT2D eigenvalue weighted by molar-refractivity contribution is 6.30. The van der Waals surface area contributed by atoms with E-state index in [1.165, 1.54) is 12.1 Å². The molecule has 27 heavy (non-hydrogen) atoms. The number of fused-ring (bicyclic) bond motifs is 1. The maximum Gasteiger partial charge on any atom is 0.238 e. The number of hydrogen-bond acceptors (Lipinski definition) is 5. The van der Waals surface area contributed by atoms with E-state index in [9.17, 15) is 24.5 Å². The van der Waals surface area contributed by atoms with Gasteiger partial charge in [0.05, 0.1) is 5.02 Å². The van der Waals surface area contributed by atoms with Crippen molar-refractivity contribution in [3.63, 3.8) is 0 Å². The van der Waals surface area contributed by atoms with Crippen LogP contribution in [0.3, 0.4) is 0 Å². The van der Waals surface area contributed by atoms with Crippen LogP contribution in [0.1, 0.15) is 19.4 Å². The van der Waals surface area contributed by atoms with E-state index in [1.54, 1.807) is 6.08 Å². The van der Waals surface area contributed by atoms with Crippen LogP contribution in [0.4, 0.5) is 4.39 Å². The molecule has 0 aliphatic carbocycles. The number of benzene rings is 2. The lowest BCUT2D eigenvalue weighted by Gasteiger charge is -2.12. The molecule has 2 aromatic carbocycles. The van der Waals surface area contributed by atoms with E-state index < -0.39 is 22.7 Å². The van der Waals surface area contributed by atoms with Crippen molar-refractivity contribution in [3.8, 4) is 28.6 Å². The van der Waals surface area contributed by atoms with Crippen LogP contribution in [-0.4, -0.2) is 15.3 Å². The van der Waals surface area contributed by atoms with Gasteiger partial charge in [0.15, 0.2) is 5.76 Å². The molecule has 1 aromatic heterocycles. The quantitative estimate of drug-likeness (QED) is 0.554. The minimum atomic E-state index is -0.891. The zero-order valence-electron chi connectivity index (χ0n) is 14.5. The second kappa shape index (κ2) is 6.96. The summed E-state index contributed by atoms with van der Waals surface area (Å²) >= 11 is 5.67. The van der Waals surface area contributed by atoms with Gasteiger partial charge in [-0.2, -0.15) is 0 Å². The SMILES string of the molecule is CC(C)=CCc1c(O)cc(O)c2c(=O)c(O)c(-c3ccc(Cl)c(F)c3)oc12. The van der Waals surface area contributed by atoms with E-state index in [1.807, 2.05) is 13.8 Å². The minimum Gasteiger partial charge on any atom is -0.507 e. The summed E-state index contributed by atoms with van der Waals surface area (Å²) in [5, 5.41) is 30.2. The topological polar surface area (TPSA) is 90.9 Å². The predicted octanol–water partition coefficient (Wildman–Crippen LogP) is 4.88. The van der Waals surface area contributed by atoms with Crippen molar-refractivity contribution >= 4 is 22.6 Å². The van der Waals surface area contributed by atoms with E-state index in [2.05, 4.69) is 0 Å². The molecule has 0 spiro atoms. The van der Waals surface area contributed by atoms with Gasteiger partial charge in [-0.15, -0.1) is 0 Å². The van der Waals surface area contributed by atoms with E-state index in [0.29, 0.717) is 0 Å². The minimum absolute atomic E-state index is 0.0850. The predicted molar refractivity (Wildman–Crippen MR) is 101 cm³/mol. The molecule has 0 unspecified atom stereocenters. The first kappa shape index (κ1) is 18.8. The zero-order valence-corrected chi connectivity index (χ0v) is 15.3. The molecule has 0 radical (unpaired) electrons. The number of hydrogen-bond donors (Lipinski definition) is 3. The molecule has 0 bridgehead atoms. The van der Waals surface area contributed by atoms with Gasteiger partial charge in [0.1, 0.15) is 28.3 Å². The molecular weight excluding hydrogens is 375 g/mol. The van der Waals surface area contributed by atoms with Crippen molar-refractivity contribution in [2.45, 2.75) is 20.3 Å². The van der Waals surface area contributed by atoms with E-state index in [-0.39, 0.29) is 45.0 Å². The van der Waals surface area contributed by atoms with Crippen LogP contribution in [0.15, 0.2) is 45.1 Å². The van der Waals surface area contributed by atoms with E-state index in [4.69, 9.17) is 16.0 Å². The molecule has 7 heteroatoms. The van der Waals surface area contributed by atoms with Gasteiger partial charge >= 0.3 is 0 Å². The summed E-state index contributed by atoms with van der Waals surface area (Å²) in [4.78, 5) is 12.6. The molecule has 0 saturated carbocycles. The molecule has 0 saturated heterocycles. The number of allylic oxidation sites excluding steroid dienone is 2. The molecule has 3 aromatic rings. The largest absolute Gasteiger partial charge is 0.507 e. The Labute approximate surface area is 158 Å². The van der Waals surface area contributed by atoms with E-state index in [0.717, 1.165) is 17.7 Å². The number of rotatable bonds is 3. The van der Waals surface area contributed by atoms with Crippen LogP contribution in [0.25, 0.3) is 22.3 Å². The first-order valence-electron chi connectivity index (χ1n) is 8.03. The Bertz CT molecular complexity index is 1140. The Morgan fingerprint density at radius 2 is 1.89 bits per heavy atom. The Balaban J connectivity index is 2.39. The first-order valence-corrected chi connectivity index (χ1v) is 8.40. The van der Waals surface area contributed by atoms with E-state index >= 15 is 0 Å². The normalized spacial score (nSPS) is 11.0. The van der Waals surface area contributed by atoms with Gasteiger partial charge in [0.2, 0.25) is 11.2 Å². The van der Waals surface area contributed by atoms with Crippen LogP contribution in [0.5, 0.6) is 17.2 Å². The lowest BCUT2D eigenvalue weighted by molar-refractivity contribution is 0.435. The summed E-state index contributed by atoms with van der Waals surface area (Å²) in [5.74, 6) is -2.61. The highest BCUT2D eigenvalue weighted by Gasteiger charge is 2.22. The second-order valence-electron chi connectivity index (χ2n) is 6.32. The van der Waals surface area contributed by atoms with Gasteiger partial charge < -0.3 is 19.7 Å². The molecule has 3 rings (SSSR count). The van der Waals surface area contributed by atoms with Crippen molar-refractivity contribution in [2.24, 2.45) is 0 Å². The van der Waals surface area contributed by atoms with Crippen molar-refractivity contribution in [1.29, 1.82) is 0 Å². The standard InChI is InChI=1S/C20H16ClFO5/c1-9(2)3-5-11-14(23)8-15(24)16-17(25)18(26)19(27-20(11)16)10-4-6-12(21)13(22)7-10/h3-4,6-8,23-24,26H,5H2,1-2H3. The molecule has 3 N–H and O–H groups in total. The van der Waals surface area contributed by atoms with Gasteiger partial charge in [-0.25, -0.2) is 4.39 Å². The average molecular weight is 391 g/mol. The number of halogens is 2. The monoisotopic (exact) mass is 390 g/mol. The molecule has 0 atom stereocenters. The highest BCUT2D eigenvalue weighted by atomic mass is 35.5. The number of aromatic hydroxyl groups is 3. The maximum atomic E-state index is 13.8. The Kier molecular flexibility index (Phi) is 4.85. The van der Waals surface area contributed by atoms with Crippen molar-refractivity contribution in [3.05, 3.63) is 62.5 Å². The molecule has 0 amide bonds. The molecule has 0 aliphatic rings. The number of phenols is 2. The van der Waals surface area contributed by atoms with Crippen LogP contribution in [0.2, 0.25) is 5.02 Å². The Hall–Kier alpha value is -2.99. The van der Waals surface area contributed by atoms with Crippen LogP contribution in [-0.2, 0) is 6.42 Å². The average Bonchev–Trinajstić information content (AvgIpc) is 2.59. The summed E-state index contributed by atoms with van der Waals surface area (Å²) in [6.07, 6.45) is 2.03. The third kappa shape index (κ3) is 3.36. The van der Waals surface area contributed by atoms with Crippen LogP contribution >= 0.6 is 11.6 Å². The van der Waals surface area contributed by atoms with Gasteiger partial charge in [-0.3, -0.25) is 4.79 Å². The van der Waals surface area contributed by atoms with Crippen LogP contribution < -0.4 is 5.43 Å². The lowest BCUT2D eigenvalue weighted by Crippen LogP contribution is -2.05. The fourth-order valence-corrected chi connectivity index (χ4v) is 2.83. The molecule has 1 heterocycles. The summed E-state index contributed by atoms with van der Waals surface area (Å²) in [6, 6.07) is 4.69. The fourth-order valence-electron chi connectivity index (χ4n) is 2.71. The lowest BCUT2D eigenvalue weighted by atomic mass is 10.0. The van der Waals surface area contributed by atoms with Crippen molar-refractivity contribution < 1.29 is 24.1 Å². The highest BCUT2D eigenvalue weighted by Crippen LogP contribution is 2.39. The molecule has 0 aliphatic heterocycles. The second-order valence-corrected chi connectivity index (χ2v) is 6.73. The van der Waals surface area contributed by atoms with Gasteiger partial charge in [-0.05, 0) is 38.5 Å². The van der Waals surface area contributed by atoms with Gasteiger partial charge in [-0.1, -0.05) is 23.3 Å². The van der Waals surface area contributed by atoms with Crippen molar-refractivity contribution in [2.75, 3.05) is 0 Å². The van der Waals surface area contributed by atoms with Crippen LogP contribution in [0, 0.1) is 5.82 Å². The summed E-state index contributed by atoms with van der Waals surface area (Å²) in [7, 11) is 0. The smallest absolute Gasteiger partial charge is 0.238 e. The third-order valence-electron chi connectivity index (χ3n) is 4.10. The summed E-state index contributed by atoms with van der Waals surface area (Å²) in [6.45, 7) is 3.73. The Morgan fingerprint density at radius 3 is 2.52 bits per heavy atom. The summed E-state index contributed by atoms with van der Waals surface area (Å²) in [5.41, 5.74) is 0.341. The zero-order chi connectivity index (χ0) is 19.9. The molecule has 5 nitrogen and oxygen atoms in total.